The highest BCUT2D eigenvalue weighted by atomic mass is 16.5. The highest BCUT2D eigenvalue weighted by Gasteiger charge is 2.29. The second-order valence-corrected chi connectivity index (χ2v) is 8.11. The van der Waals surface area contributed by atoms with Crippen LogP contribution in [-0.2, 0) is 11.2 Å². The molecule has 0 radical (unpaired) electrons. The Hall–Kier alpha value is -2.57. The lowest BCUT2D eigenvalue weighted by atomic mass is 9.89. The summed E-state index contributed by atoms with van der Waals surface area (Å²) in [4.78, 5) is 14.9. The Bertz CT molecular complexity index is 828. The Balaban J connectivity index is 1.62. The summed E-state index contributed by atoms with van der Waals surface area (Å²) in [6.07, 6.45) is 1.80. The molecule has 2 unspecified atom stereocenters. The van der Waals surface area contributed by atoms with Crippen molar-refractivity contribution in [1.82, 2.24) is 10.2 Å². The molecule has 2 atom stereocenters. The second-order valence-electron chi connectivity index (χ2n) is 8.11. The van der Waals surface area contributed by atoms with E-state index in [0.717, 1.165) is 32.5 Å². The van der Waals surface area contributed by atoms with Crippen LogP contribution in [0, 0.1) is 11.8 Å². The molecule has 1 fully saturated rings. The maximum absolute atomic E-state index is 13.1. The van der Waals surface area contributed by atoms with Crippen LogP contribution in [0.4, 0.5) is 0 Å². The van der Waals surface area contributed by atoms with Crippen molar-refractivity contribution in [2.24, 2.45) is 11.8 Å². The molecule has 1 amide bonds. The van der Waals surface area contributed by atoms with Crippen molar-refractivity contribution in [2.75, 3.05) is 54.1 Å². The van der Waals surface area contributed by atoms with E-state index < -0.39 is 0 Å². The summed E-state index contributed by atoms with van der Waals surface area (Å²) in [5.41, 5.74) is 1.95. The zero-order valence-electron chi connectivity index (χ0n) is 18.8. The highest BCUT2D eigenvalue weighted by molar-refractivity contribution is 5.94. The van der Waals surface area contributed by atoms with Gasteiger partial charge in [-0.05, 0) is 55.1 Å². The molecule has 1 saturated heterocycles. The lowest BCUT2D eigenvalue weighted by Gasteiger charge is -2.25. The van der Waals surface area contributed by atoms with E-state index in [1.807, 2.05) is 18.0 Å². The third-order valence-corrected chi connectivity index (χ3v) is 5.84. The van der Waals surface area contributed by atoms with Gasteiger partial charge in [0, 0.05) is 39.3 Å². The molecule has 1 heterocycles. The van der Waals surface area contributed by atoms with Gasteiger partial charge in [-0.25, -0.2) is 0 Å². The molecule has 0 aliphatic carbocycles. The Labute approximate surface area is 185 Å². The number of hydrogen-bond donors (Lipinski definition) is 1. The van der Waals surface area contributed by atoms with Crippen molar-refractivity contribution in [2.45, 2.75) is 12.8 Å². The number of carbonyl (C=O) groups is 1. The standard InChI is InChI=1S/C25H34N2O4/c1-27(18-22-17-26-16-21(22)14-19-8-5-4-6-9-19)25(28)20-10-11-23(30-3)24(15-20)31-13-7-12-29-2/h4-6,8-11,15,21-22,26H,7,12-14,16-18H2,1-3H3. The van der Waals surface area contributed by atoms with Crippen molar-refractivity contribution in [3.05, 3.63) is 59.7 Å². The molecule has 1 aliphatic rings. The summed E-state index contributed by atoms with van der Waals surface area (Å²) in [7, 11) is 5.15. The first kappa shape index (κ1) is 23.1. The van der Waals surface area contributed by atoms with E-state index in [1.54, 1.807) is 32.4 Å². The van der Waals surface area contributed by atoms with E-state index in [4.69, 9.17) is 14.2 Å². The van der Waals surface area contributed by atoms with Crippen LogP contribution in [0.15, 0.2) is 48.5 Å². The molecule has 0 spiro atoms. The van der Waals surface area contributed by atoms with Crippen LogP contribution in [0.5, 0.6) is 11.5 Å². The monoisotopic (exact) mass is 426 g/mol. The first-order valence-electron chi connectivity index (χ1n) is 10.9. The Kier molecular flexibility index (Phi) is 8.74. The molecule has 6 nitrogen and oxygen atoms in total. The van der Waals surface area contributed by atoms with Gasteiger partial charge in [-0.1, -0.05) is 30.3 Å². The number of hydrogen-bond acceptors (Lipinski definition) is 5. The maximum atomic E-state index is 13.1. The molecule has 1 N–H and O–H groups in total. The van der Waals surface area contributed by atoms with Crippen molar-refractivity contribution in [3.63, 3.8) is 0 Å². The van der Waals surface area contributed by atoms with Crippen molar-refractivity contribution in [1.29, 1.82) is 0 Å². The van der Waals surface area contributed by atoms with Gasteiger partial charge in [-0.15, -0.1) is 0 Å². The molecule has 1 aliphatic heterocycles. The van der Waals surface area contributed by atoms with Gasteiger partial charge < -0.3 is 24.4 Å². The van der Waals surface area contributed by atoms with Gasteiger partial charge in [0.2, 0.25) is 0 Å². The van der Waals surface area contributed by atoms with E-state index in [1.165, 1.54) is 5.56 Å². The van der Waals surface area contributed by atoms with E-state index >= 15 is 0 Å². The Morgan fingerprint density at radius 3 is 2.55 bits per heavy atom. The van der Waals surface area contributed by atoms with Crippen LogP contribution in [0.2, 0.25) is 0 Å². The fourth-order valence-electron chi connectivity index (χ4n) is 4.12. The molecule has 2 aromatic carbocycles. The number of methoxy groups -OCH3 is 2. The third-order valence-electron chi connectivity index (χ3n) is 5.84. The number of benzene rings is 2. The van der Waals surface area contributed by atoms with Gasteiger partial charge in [-0.2, -0.15) is 0 Å². The van der Waals surface area contributed by atoms with Gasteiger partial charge in [0.1, 0.15) is 0 Å². The van der Waals surface area contributed by atoms with Crippen LogP contribution >= 0.6 is 0 Å². The zero-order valence-corrected chi connectivity index (χ0v) is 18.8. The van der Waals surface area contributed by atoms with E-state index in [0.29, 0.717) is 42.1 Å². The quantitative estimate of drug-likeness (QED) is 0.559. The minimum absolute atomic E-state index is 0.00486. The predicted octanol–water partition coefficient (Wildman–Crippen LogP) is 3.26. The number of nitrogens with one attached hydrogen (secondary N) is 1. The lowest BCUT2D eigenvalue weighted by Crippen LogP contribution is -2.35. The van der Waals surface area contributed by atoms with Gasteiger partial charge >= 0.3 is 0 Å². The number of ether oxygens (including phenoxy) is 3. The molecular weight excluding hydrogens is 392 g/mol. The summed E-state index contributed by atoms with van der Waals surface area (Å²) in [6.45, 7) is 3.78. The average Bonchev–Trinajstić information content (AvgIpc) is 3.23. The van der Waals surface area contributed by atoms with Gasteiger partial charge in [0.25, 0.3) is 5.91 Å². The fourth-order valence-corrected chi connectivity index (χ4v) is 4.12. The number of nitrogens with zero attached hydrogens (tertiary/aromatic N) is 1. The molecule has 0 aromatic heterocycles. The van der Waals surface area contributed by atoms with Crippen molar-refractivity contribution in [3.8, 4) is 11.5 Å². The van der Waals surface area contributed by atoms with Crippen LogP contribution in [0.3, 0.4) is 0 Å². The summed E-state index contributed by atoms with van der Waals surface area (Å²) in [5.74, 6) is 2.15. The largest absolute Gasteiger partial charge is 0.493 e. The van der Waals surface area contributed by atoms with Crippen molar-refractivity contribution >= 4 is 5.91 Å². The molecular formula is C25H34N2O4. The molecule has 0 bridgehead atoms. The summed E-state index contributed by atoms with van der Waals surface area (Å²) < 4.78 is 16.3. The first-order valence-corrected chi connectivity index (χ1v) is 10.9. The molecule has 2 aromatic rings. The van der Waals surface area contributed by atoms with Crippen LogP contribution < -0.4 is 14.8 Å². The van der Waals surface area contributed by atoms with E-state index in [-0.39, 0.29) is 5.91 Å². The predicted molar refractivity (Wildman–Crippen MR) is 122 cm³/mol. The van der Waals surface area contributed by atoms with Gasteiger partial charge in [0.05, 0.1) is 13.7 Å². The lowest BCUT2D eigenvalue weighted by molar-refractivity contribution is 0.0765. The molecule has 3 rings (SSSR count). The third kappa shape index (κ3) is 6.45. The minimum Gasteiger partial charge on any atom is -0.493 e. The summed E-state index contributed by atoms with van der Waals surface area (Å²) >= 11 is 0. The van der Waals surface area contributed by atoms with Gasteiger partial charge in [-0.3, -0.25) is 4.79 Å². The summed E-state index contributed by atoms with van der Waals surface area (Å²) in [5, 5.41) is 3.50. The van der Waals surface area contributed by atoms with Crippen LogP contribution in [-0.4, -0.2) is 64.9 Å². The number of carbonyl (C=O) groups excluding carboxylic acids is 1. The number of rotatable bonds is 11. The minimum atomic E-state index is -0.00486. The molecule has 168 valence electrons. The molecule has 31 heavy (non-hydrogen) atoms. The maximum Gasteiger partial charge on any atom is 0.253 e. The van der Waals surface area contributed by atoms with Crippen molar-refractivity contribution < 1.29 is 19.0 Å². The normalized spacial score (nSPS) is 18.0. The second kappa shape index (κ2) is 11.7. The average molecular weight is 427 g/mol. The topological polar surface area (TPSA) is 60.0 Å². The zero-order chi connectivity index (χ0) is 22.1. The Morgan fingerprint density at radius 2 is 1.81 bits per heavy atom. The molecule has 6 heteroatoms. The fraction of sp³-hybridized carbons (Fsp3) is 0.480. The smallest absolute Gasteiger partial charge is 0.253 e. The van der Waals surface area contributed by atoms with Crippen LogP contribution in [0.25, 0.3) is 0 Å². The number of amides is 1. The van der Waals surface area contributed by atoms with Crippen LogP contribution in [0.1, 0.15) is 22.3 Å². The SMILES string of the molecule is COCCCOc1cc(C(=O)N(C)CC2CNCC2Cc2ccccc2)ccc1OC. The summed E-state index contributed by atoms with van der Waals surface area (Å²) in [6, 6.07) is 15.9. The molecule has 0 saturated carbocycles. The van der Waals surface area contributed by atoms with E-state index in [2.05, 4.69) is 29.6 Å². The first-order chi connectivity index (χ1) is 15.1. The Morgan fingerprint density at radius 1 is 1.03 bits per heavy atom. The van der Waals surface area contributed by atoms with E-state index in [9.17, 15) is 4.79 Å². The van der Waals surface area contributed by atoms with Gasteiger partial charge in [0.15, 0.2) is 11.5 Å². The highest BCUT2D eigenvalue weighted by Crippen LogP contribution is 2.29.